The number of carbonyl (C=O) groups is 2. The number of nitrogens with one attached hydrogen (secondary N) is 4. The van der Waals surface area contributed by atoms with Gasteiger partial charge in [-0.3, -0.25) is 20.7 Å². The lowest BCUT2D eigenvalue weighted by atomic mass is 9.91. The molecule has 44 heavy (non-hydrogen) atoms. The van der Waals surface area contributed by atoms with Gasteiger partial charge >= 0.3 is 5.97 Å². The van der Waals surface area contributed by atoms with E-state index < -0.39 is 5.97 Å². The quantitative estimate of drug-likeness (QED) is 0.110. The number of amidine groups is 2. The minimum absolute atomic E-state index is 0.208. The molecule has 3 heterocycles. The Kier molecular flexibility index (Phi) is 16.4. The summed E-state index contributed by atoms with van der Waals surface area (Å²) in [5.41, 5.74) is 4.02. The first-order valence-corrected chi connectivity index (χ1v) is 15.7. The van der Waals surface area contributed by atoms with Crippen molar-refractivity contribution in [2.45, 2.75) is 34.1 Å². The van der Waals surface area contributed by atoms with Gasteiger partial charge < -0.3 is 30.0 Å². The van der Waals surface area contributed by atoms with E-state index in [1.807, 2.05) is 31.3 Å². The molecule has 2 aromatic rings. The summed E-state index contributed by atoms with van der Waals surface area (Å²) in [4.78, 5) is 26.7. The molecule has 0 bridgehead atoms. The van der Waals surface area contributed by atoms with Crippen molar-refractivity contribution in [3.63, 3.8) is 0 Å². The third-order valence-corrected chi connectivity index (χ3v) is 8.32. The van der Waals surface area contributed by atoms with E-state index in [4.69, 9.17) is 41.8 Å². The second-order valence-electron chi connectivity index (χ2n) is 10.5. The Morgan fingerprint density at radius 3 is 2.41 bits per heavy atom. The van der Waals surface area contributed by atoms with Crippen LogP contribution in [0, 0.1) is 36.5 Å². The van der Waals surface area contributed by atoms with Crippen LogP contribution in [0.5, 0.6) is 0 Å². The fourth-order valence-electron chi connectivity index (χ4n) is 4.79. The molecule has 2 aliphatic heterocycles. The first-order valence-electron chi connectivity index (χ1n) is 14.5. The Morgan fingerprint density at radius 2 is 1.84 bits per heavy atom. The Hall–Kier alpha value is -3.00. The van der Waals surface area contributed by atoms with Gasteiger partial charge in [-0.15, -0.1) is 11.3 Å². The third-order valence-electron chi connectivity index (χ3n) is 6.88. The smallest absolute Gasteiger partial charge is 0.329 e. The molecular weight excluding hydrogens is 604 g/mol. The fraction of sp³-hybridized carbons (Fsp3) is 0.516. The van der Waals surface area contributed by atoms with Crippen molar-refractivity contribution in [2.75, 3.05) is 64.6 Å². The minimum atomic E-state index is -0.911. The van der Waals surface area contributed by atoms with Gasteiger partial charge in [0.15, 0.2) is 0 Å². The van der Waals surface area contributed by atoms with E-state index >= 15 is 0 Å². The number of hydrogen-bond acceptors (Lipinski definition) is 10. The zero-order valence-corrected chi connectivity index (χ0v) is 27.7. The van der Waals surface area contributed by atoms with Crippen molar-refractivity contribution in [2.24, 2.45) is 16.8 Å². The number of thiophene rings is 1. The molecule has 2 aliphatic rings. The Bertz CT molecular complexity index is 1280. The van der Waals surface area contributed by atoms with Gasteiger partial charge in [0.2, 0.25) is 0 Å². The summed E-state index contributed by atoms with van der Waals surface area (Å²) in [6, 6.07) is 7.61. The number of hydrogen-bond donors (Lipinski definition) is 5. The van der Waals surface area contributed by atoms with Gasteiger partial charge in [-0.2, -0.15) is 0 Å². The summed E-state index contributed by atoms with van der Waals surface area (Å²) in [6.07, 6.45) is 1.78. The summed E-state index contributed by atoms with van der Waals surface area (Å²) in [5.74, 6) is 0.629. The maximum absolute atomic E-state index is 10.3. The first-order chi connectivity index (χ1) is 21.0. The highest BCUT2D eigenvalue weighted by Gasteiger charge is 2.29. The first kappa shape index (κ1) is 37.2. The number of piperidine rings is 1. The number of rotatable bonds is 10. The number of benzene rings is 1. The molecular formula is C31H45ClN6O5S. The van der Waals surface area contributed by atoms with Gasteiger partial charge in [-0.05, 0) is 70.7 Å². The van der Waals surface area contributed by atoms with Crippen molar-refractivity contribution in [1.82, 2.24) is 10.6 Å². The van der Waals surface area contributed by atoms with Crippen LogP contribution in [0.3, 0.4) is 0 Å². The number of fused-ring (bicyclic) bond motifs is 1. The zero-order valence-electron chi connectivity index (χ0n) is 26.2. The Balaban J connectivity index is 0.000000290. The van der Waals surface area contributed by atoms with Crippen LogP contribution in [0.25, 0.3) is 0 Å². The normalized spacial score (nSPS) is 17.6. The van der Waals surface area contributed by atoms with Crippen molar-refractivity contribution in [1.29, 1.82) is 10.8 Å². The molecule has 1 saturated heterocycles. The van der Waals surface area contributed by atoms with Gasteiger partial charge in [-0.25, -0.2) is 4.79 Å². The van der Waals surface area contributed by atoms with Crippen LogP contribution in [0.1, 0.15) is 41.8 Å². The van der Waals surface area contributed by atoms with Crippen LogP contribution in [0.2, 0.25) is 5.02 Å². The third kappa shape index (κ3) is 11.5. The number of anilines is 1. The molecule has 1 aromatic heterocycles. The lowest BCUT2D eigenvalue weighted by Crippen LogP contribution is -2.40. The predicted molar refractivity (Wildman–Crippen MR) is 179 cm³/mol. The number of carbonyl (C=O) groups excluding carboxylic acids is 1. The summed E-state index contributed by atoms with van der Waals surface area (Å²) >= 11 is 7.61. The summed E-state index contributed by atoms with van der Waals surface area (Å²) < 4.78 is 10.7. The number of aldehydes is 1. The summed E-state index contributed by atoms with van der Waals surface area (Å²) in [5, 5.41) is 32.8. The van der Waals surface area contributed by atoms with Crippen LogP contribution < -0.4 is 15.5 Å². The number of aliphatic imine (C=N–C) groups is 1. The van der Waals surface area contributed by atoms with E-state index in [1.165, 1.54) is 11.8 Å². The molecule has 0 saturated carbocycles. The predicted octanol–water partition coefficient (Wildman–Crippen LogP) is 4.40. The van der Waals surface area contributed by atoms with Gasteiger partial charge in [0.1, 0.15) is 29.6 Å². The molecule has 0 aliphatic carbocycles. The molecule has 4 rings (SSSR count). The van der Waals surface area contributed by atoms with E-state index in [2.05, 4.69) is 29.5 Å². The van der Waals surface area contributed by atoms with Gasteiger partial charge in [0.05, 0.1) is 32.1 Å². The number of nitrogens with zero attached hydrogens (tertiary/aromatic N) is 2. The average Bonchev–Trinajstić information content (AvgIpc) is 3.16. The standard InChI is InChI=1S/C17H17ClN4S.C12H24N2O4.C2H4O/c1-9-10(2)23-17-15(9)16(12-4-6-13(18)7-5-12)21-8-14(20)22(17)11(3)19;1-13-2-3-17-7-10-4-11(6-14-5-10)8-18-9-12(15)16;1-2-3/h4-7,19-20H,8H2,1-3H3;10-11,13-14H,2-9H2,1H3,(H,15,16);2H,1H3. The number of ether oxygens (including phenoxy) is 2. The number of carboxylic acids is 1. The fourth-order valence-corrected chi connectivity index (χ4v) is 6.15. The lowest BCUT2D eigenvalue weighted by Gasteiger charge is -2.29. The molecule has 1 fully saturated rings. The van der Waals surface area contributed by atoms with Crippen LogP contribution >= 0.6 is 22.9 Å². The number of halogens is 1. The van der Waals surface area contributed by atoms with E-state index in [9.17, 15) is 4.79 Å². The van der Waals surface area contributed by atoms with E-state index in [0.29, 0.717) is 35.1 Å². The SMILES string of the molecule is CC(=N)N1C(=N)CN=C(c2ccc(Cl)cc2)c2c1sc(C)c2C.CC=O.CNCCOCC1CNCC(COCC(=O)O)C1. The monoisotopic (exact) mass is 648 g/mol. The molecule has 2 atom stereocenters. The highest BCUT2D eigenvalue weighted by atomic mass is 35.5. The zero-order chi connectivity index (χ0) is 32.6. The van der Waals surface area contributed by atoms with Crippen LogP contribution in [0.4, 0.5) is 5.00 Å². The molecule has 2 unspecified atom stereocenters. The maximum atomic E-state index is 10.3. The maximum Gasteiger partial charge on any atom is 0.329 e. The van der Waals surface area contributed by atoms with Crippen molar-refractivity contribution < 1.29 is 24.2 Å². The molecule has 5 N–H and O–H groups in total. The van der Waals surface area contributed by atoms with Crippen LogP contribution in [-0.2, 0) is 19.1 Å². The average molecular weight is 649 g/mol. The van der Waals surface area contributed by atoms with Gasteiger partial charge in [0, 0.05) is 40.7 Å². The molecule has 0 radical (unpaired) electrons. The summed E-state index contributed by atoms with van der Waals surface area (Å²) in [6.45, 7) is 12.1. The highest BCUT2D eigenvalue weighted by Crippen LogP contribution is 2.39. The number of aliphatic carboxylic acids is 1. The molecule has 1 aromatic carbocycles. The number of aryl methyl sites for hydroxylation is 1. The van der Waals surface area contributed by atoms with Gasteiger partial charge in [0.25, 0.3) is 0 Å². The molecule has 0 spiro atoms. The highest BCUT2D eigenvalue weighted by molar-refractivity contribution is 7.17. The van der Waals surface area contributed by atoms with Crippen molar-refractivity contribution in [3.8, 4) is 0 Å². The Morgan fingerprint density at radius 1 is 1.23 bits per heavy atom. The molecule has 0 amide bonds. The lowest BCUT2D eigenvalue weighted by molar-refractivity contribution is -0.142. The summed E-state index contributed by atoms with van der Waals surface area (Å²) in [7, 11) is 1.90. The molecule has 11 nitrogen and oxygen atoms in total. The van der Waals surface area contributed by atoms with Crippen molar-refractivity contribution >= 4 is 57.6 Å². The number of likely N-dealkylation sites (N-methyl/N-ethyl adjacent to an activating group) is 1. The Labute approximate surface area is 269 Å². The van der Waals surface area contributed by atoms with E-state index in [0.717, 1.165) is 73.0 Å². The van der Waals surface area contributed by atoms with E-state index in [-0.39, 0.29) is 13.2 Å². The molecule has 242 valence electrons. The second kappa shape index (κ2) is 19.4. The number of carboxylic acid groups (broad SMARTS) is 1. The van der Waals surface area contributed by atoms with Crippen LogP contribution in [-0.4, -0.2) is 94.4 Å². The largest absolute Gasteiger partial charge is 0.480 e. The van der Waals surface area contributed by atoms with Crippen LogP contribution in [0.15, 0.2) is 29.3 Å². The topological polar surface area (TPSA) is 160 Å². The second-order valence-corrected chi connectivity index (χ2v) is 12.1. The minimum Gasteiger partial charge on any atom is -0.480 e. The molecule has 13 heteroatoms. The van der Waals surface area contributed by atoms with E-state index in [1.54, 1.807) is 23.2 Å². The van der Waals surface area contributed by atoms with Gasteiger partial charge in [-0.1, -0.05) is 23.7 Å². The van der Waals surface area contributed by atoms with Crippen molar-refractivity contribution in [3.05, 3.63) is 50.9 Å².